The van der Waals surface area contributed by atoms with Gasteiger partial charge in [-0.05, 0) is 62.7 Å². The number of benzene rings is 1. The van der Waals surface area contributed by atoms with Gasteiger partial charge in [0, 0.05) is 19.1 Å². The van der Waals surface area contributed by atoms with E-state index in [2.05, 4.69) is 48.3 Å². The molecule has 1 aliphatic rings. The Hall–Kier alpha value is -0.860. The molecule has 0 amide bonds. The van der Waals surface area contributed by atoms with Crippen LogP contribution in [0.15, 0.2) is 24.3 Å². The molecule has 1 unspecified atom stereocenters. The molecule has 0 aromatic heterocycles. The summed E-state index contributed by atoms with van der Waals surface area (Å²) in [4.78, 5) is 2.66. The van der Waals surface area contributed by atoms with Crippen molar-refractivity contribution < 1.29 is 0 Å². The maximum Gasteiger partial charge on any atom is 0.00649 e. The predicted molar refractivity (Wildman–Crippen MR) is 91.9 cm³/mol. The molecule has 0 saturated heterocycles. The van der Waals surface area contributed by atoms with Crippen LogP contribution in [0.3, 0.4) is 0 Å². The standard InChI is InChI=1S/C19H32N2/c1-3-13-20-19(4-2)10-7-14-21-15-11-17-8-5-6-9-18(17)12-16-21/h5-6,8-9,19-20H,3-4,7,10-16H2,1-2H3. The Morgan fingerprint density at radius 1 is 1.10 bits per heavy atom. The van der Waals surface area contributed by atoms with Gasteiger partial charge < -0.3 is 10.2 Å². The molecule has 2 rings (SSSR count). The summed E-state index contributed by atoms with van der Waals surface area (Å²) in [7, 11) is 0. The zero-order valence-electron chi connectivity index (χ0n) is 13.9. The molecule has 1 aromatic carbocycles. The van der Waals surface area contributed by atoms with Gasteiger partial charge in [0.05, 0.1) is 0 Å². The average Bonchev–Trinajstić information content (AvgIpc) is 2.73. The Morgan fingerprint density at radius 3 is 2.33 bits per heavy atom. The highest BCUT2D eigenvalue weighted by atomic mass is 15.1. The van der Waals surface area contributed by atoms with E-state index < -0.39 is 0 Å². The smallest absolute Gasteiger partial charge is 0.00649 e. The zero-order chi connectivity index (χ0) is 14.9. The molecule has 2 heteroatoms. The summed E-state index contributed by atoms with van der Waals surface area (Å²) < 4.78 is 0. The highest BCUT2D eigenvalue weighted by Gasteiger charge is 2.13. The monoisotopic (exact) mass is 288 g/mol. The first-order chi connectivity index (χ1) is 10.3. The van der Waals surface area contributed by atoms with Crippen molar-refractivity contribution in [3.8, 4) is 0 Å². The fourth-order valence-corrected chi connectivity index (χ4v) is 3.30. The minimum absolute atomic E-state index is 0.717. The normalized spacial score (nSPS) is 17.2. The minimum atomic E-state index is 0.717. The minimum Gasteiger partial charge on any atom is -0.314 e. The molecular weight excluding hydrogens is 256 g/mol. The van der Waals surface area contributed by atoms with Crippen molar-refractivity contribution in [2.24, 2.45) is 0 Å². The fraction of sp³-hybridized carbons (Fsp3) is 0.684. The van der Waals surface area contributed by atoms with Crippen LogP contribution in [-0.2, 0) is 12.8 Å². The fourth-order valence-electron chi connectivity index (χ4n) is 3.30. The van der Waals surface area contributed by atoms with Crippen LogP contribution in [0.1, 0.15) is 50.7 Å². The van der Waals surface area contributed by atoms with Gasteiger partial charge in [0.25, 0.3) is 0 Å². The van der Waals surface area contributed by atoms with E-state index in [4.69, 9.17) is 0 Å². The van der Waals surface area contributed by atoms with Crippen molar-refractivity contribution in [3.63, 3.8) is 0 Å². The molecule has 0 bridgehead atoms. The van der Waals surface area contributed by atoms with Gasteiger partial charge in [0.2, 0.25) is 0 Å². The second-order valence-electron chi connectivity index (χ2n) is 6.31. The van der Waals surface area contributed by atoms with E-state index in [1.165, 1.54) is 58.2 Å². The lowest BCUT2D eigenvalue weighted by molar-refractivity contribution is 0.273. The van der Waals surface area contributed by atoms with Gasteiger partial charge in [-0.3, -0.25) is 0 Å². The van der Waals surface area contributed by atoms with Crippen molar-refractivity contribution in [3.05, 3.63) is 35.4 Å². The van der Waals surface area contributed by atoms with Gasteiger partial charge in [-0.2, -0.15) is 0 Å². The Morgan fingerprint density at radius 2 is 1.76 bits per heavy atom. The van der Waals surface area contributed by atoms with Gasteiger partial charge in [-0.25, -0.2) is 0 Å². The highest BCUT2D eigenvalue weighted by Crippen LogP contribution is 2.16. The number of rotatable bonds is 8. The van der Waals surface area contributed by atoms with E-state index in [0.717, 1.165) is 6.54 Å². The molecule has 0 aliphatic carbocycles. The van der Waals surface area contributed by atoms with E-state index in [1.807, 2.05) is 0 Å². The molecule has 0 radical (unpaired) electrons. The second-order valence-corrected chi connectivity index (χ2v) is 6.31. The first-order valence-corrected chi connectivity index (χ1v) is 8.86. The van der Waals surface area contributed by atoms with Crippen LogP contribution in [0.25, 0.3) is 0 Å². The lowest BCUT2D eigenvalue weighted by Crippen LogP contribution is -2.32. The van der Waals surface area contributed by atoms with E-state index in [1.54, 1.807) is 11.1 Å². The third-order valence-corrected chi connectivity index (χ3v) is 4.72. The summed E-state index contributed by atoms with van der Waals surface area (Å²) in [6.07, 6.45) is 7.58. The largest absolute Gasteiger partial charge is 0.314 e. The molecule has 1 aromatic rings. The van der Waals surface area contributed by atoms with Crippen molar-refractivity contribution in [2.75, 3.05) is 26.2 Å². The van der Waals surface area contributed by atoms with Crippen molar-refractivity contribution in [2.45, 2.75) is 58.4 Å². The number of nitrogens with one attached hydrogen (secondary N) is 1. The molecule has 1 heterocycles. The number of hydrogen-bond donors (Lipinski definition) is 1. The molecule has 0 saturated carbocycles. The van der Waals surface area contributed by atoms with Crippen LogP contribution >= 0.6 is 0 Å². The van der Waals surface area contributed by atoms with Crippen molar-refractivity contribution >= 4 is 0 Å². The van der Waals surface area contributed by atoms with Gasteiger partial charge >= 0.3 is 0 Å². The molecule has 1 atom stereocenters. The lowest BCUT2D eigenvalue weighted by Gasteiger charge is -2.22. The Kier molecular flexibility index (Phi) is 7.25. The molecule has 1 N–H and O–H groups in total. The number of nitrogens with zero attached hydrogens (tertiary/aromatic N) is 1. The average molecular weight is 288 g/mol. The van der Waals surface area contributed by atoms with Crippen LogP contribution in [0.5, 0.6) is 0 Å². The summed E-state index contributed by atoms with van der Waals surface area (Å²) in [5.41, 5.74) is 3.13. The Bertz CT molecular complexity index is 375. The summed E-state index contributed by atoms with van der Waals surface area (Å²) in [6.45, 7) is 9.44. The molecule has 0 spiro atoms. The van der Waals surface area contributed by atoms with Crippen LogP contribution in [0.4, 0.5) is 0 Å². The summed E-state index contributed by atoms with van der Waals surface area (Å²) in [5.74, 6) is 0. The molecule has 0 fully saturated rings. The second kappa shape index (κ2) is 9.22. The van der Waals surface area contributed by atoms with Crippen LogP contribution in [-0.4, -0.2) is 37.1 Å². The molecule has 2 nitrogen and oxygen atoms in total. The first kappa shape index (κ1) is 16.5. The molecular formula is C19H32N2. The van der Waals surface area contributed by atoms with E-state index >= 15 is 0 Å². The third-order valence-electron chi connectivity index (χ3n) is 4.72. The van der Waals surface area contributed by atoms with Crippen LogP contribution in [0.2, 0.25) is 0 Å². The Labute approximate surface area is 130 Å². The maximum absolute atomic E-state index is 3.66. The van der Waals surface area contributed by atoms with Crippen LogP contribution in [0, 0.1) is 0 Å². The SMILES string of the molecule is CCCNC(CC)CCCN1CCc2ccccc2CC1. The number of fused-ring (bicyclic) bond motifs is 1. The zero-order valence-corrected chi connectivity index (χ0v) is 13.9. The highest BCUT2D eigenvalue weighted by molar-refractivity contribution is 5.28. The van der Waals surface area contributed by atoms with E-state index in [9.17, 15) is 0 Å². The van der Waals surface area contributed by atoms with E-state index in [-0.39, 0.29) is 0 Å². The lowest BCUT2D eigenvalue weighted by atomic mass is 10.0. The molecule has 1 aliphatic heterocycles. The third kappa shape index (κ3) is 5.44. The van der Waals surface area contributed by atoms with Gasteiger partial charge in [0.15, 0.2) is 0 Å². The van der Waals surface area contributed by atoms with Gasteiger partial charge in [-0.15, -0.1) is 0 Å². The summed E-state index contributed by atoms with van der Waals surface area (Å²) in [5, 5.41) is 3.66. The first-order valence-electron chi connectivity index (χ1n) is 8.86. The Balaban J connectivity index is 1.70. The predicted octanol–water partition coefficient (Wildman–Crippen LogP) is 3.65. The topological polar surface area (TPSA) is 15.3 Å². The number of hydrogen-bond acceptors (Lipinski definition) is 2. The van der Waals surface area contributed by atoms with Gasteiger partial charge in [0.1, 0.15) is 0 Å². The van der Waals surface area contributed by atoms with Crippen LogP contribution < -0.4 is 5.32 Å². The molecule has 118 valence electrons. The van der Waals surface area contributed by atoms with Gasteiger partial charge in [-0.1, -0.05) is 38.1 Å². The summed E-state index contributed by atoms with van der Waals surface area (Å²) in [6, 6.07) is 9.69. The van der Waals surface area contributed by atoms with Crippen molar-refractivity contribution in [1.82, 2.24) is 10.2 Å². The maximum atomic E-state index is 3.66. The van der Waals surface area contributed by atoms with E-state index in [0.29, 0.717) is 6.04 Å². The van der Waals surface area contributed by atoms with Crippen molar-refractivity contribution in [1.29, 1.82) is 0 Å². The molecule has 21 heavy (non-hydrogen) atoms. The quantitative estimate of drug-likeness (QED) is 0.785. The summed E-state index contributed by atoms with van der Waals surface area (Å²) >= 11 is 0.